The number of fused-ring (bicyclic) bond motifs is 5. The van der Waals surface area contributed by atoms with Crippen molar-refractivity contribution in [2.45, 2.75) is 102 Å². The van der Waals surface area contributed by atoms with Crippen LogP contribution in [0.2, 0.25) is 0 Å². The highest BCUT2D eigenvalue weighted by atomic mass is 16.6. The van der Waals surface area contributed by atoms with Crippen LogP contribution in [-0.2, 0) is 28.5 Å². The highest BCUT2D eigenvalue weighted by Crippen LogP contribution is 2.65. The van der Waals surface area contributed by atoms with Crippen molar-refractivity contribution >= 4 is 17.9 Å². The van der Waals surface area contributed by atoms with Crippen LogP contribution in [0.3, 0.4) is 0 Å². The Morgan fingerprint density at radius 3 is 2.17 bits per heavy atom. The number of aliphatic hydroxyl groups is 4. The average Bonchev–Trinajstić information content (AvgIpc) is 2.90. The van der Waals surface area contributed by atoms with Gasteiger partial charge >= 0.3 is 17.9 Å². The van der Waals surface area contributed by atoms with Gasteiger partial charge in [0.15, 0.2) is 5.60 Å². The van der Waals surface area contributed by atoms with Crippen molar-refractivity contribution in [2.24, 2.45) is 16.7 Å². The molecule has 1 saturated heterocycles. The van der Waals surface area contributed by atoms with Gasteiger partial charge in [0.25, 0.3) is 0 Å². The Morgan fingerprint density at radius 2 is 1.62 bits per heavy atom. The van der Waals surface area contributed by atoms with E-state index >= 15 is 0 Å². The zero-order valence-electron chi connectivity index (χ0n) is 24.7. The highest BCUT2D eigenvalue weighted by molar-refractivity contribution is 5.89. The first-order chi connectivity index (χ1) is 19.5. The number of rotatable bonds is 4. The van der Waals surface area contributed by atoms with Gasteiger partial charge in [0.2, 0.25) is 0 Å². The van der Waals surface area contributed by atoms with Crippen LogP contribution in [0.25, 0.3) is 0 Å². The summed E-state index contributed by atoms with van der Waals surface area (Å²) in [4.78, 5) is 38.5. The minimum Gasteiger partial charge on any atom is -0.458 e. The first-order valence-corrected chi connectivity index (χ1v) is 14.2. The molecule has 3 fully saturated rings. The van der Waals surface area contributed by atoms with Crippen molar-refractivity contribution in [2.75, 3.05) is 6.61 Å². The Labute approximate surface area is 244 Å². The second-order valence-electron chi connectivity index (χ2n) is 13.0. The minimum atomic E-state index is -2.07. The van der Waals surface area contributed by atoms with Gasteiger partial charge in [-0.15, -0.1) is 0 Å². The van der Waals surface area contributed by atoms with Crippen molar-refractivity contribution in [3.05, 3.63) is 47.0 Å². The molecule has 0 radical (unpaired) electrons. The van der Waals surface area contributed by atoms with E-state index in [1.165, 1.54) is 20.8 Å². The molecule has 2 saturated carbocycles. The van der Waals surface area contributed by atoms with Crippen LogP contribution in [0.4, 0.5) is 0 Å². The van der Waals surface area contributed by atoms with Crippen molar-refractivity contribution in [3.8, 4) is 0 Å². The first kappa shape index (κ1) is 30.6. The summed E-state index contributed by atoms with van der Waals surface area (Å²) in [5, 5.41) is 48.4. The monoisotopic (exact) mass is 588 g/mol. The topological polar surface area (TPSA) is 169 Å². The molecule has 3 aliphatic carbocycles. The molecule has 11 heteroatoms. The van der Waals surface area contributed by atoms with E-state index < -0.39 is 82.5 Å². The summed E-state index contributed by atoms with van der Waals surface area (Å²) >= 11 is 0. The van der Waals surface area contributed by atoms with Crippen molar-refractivity contribution in [1.29, 1.82) is 0 Å². The molecule has 4 aliphatic rings. The van der Waals surface area contributed by atoms with Crippen LogP contribution in [0.5, 0.6) is 0 Å². The quantitative estimate of drug-likeness (QED) is 0.228. The molecule has 1 aliphatic heterocycles. The van der Waals surface area contributed by atoms with Gasteiger partial charge in [-0.1, -0.05) is 39.0 Å². The summed E-state index contributed by atoms with van der Waals surface area (Å²) in [6.07, 6.45) is -8.35. The molecule has 1 aromatic carbocycles. The largest absolute Gasteiger partial charge is 0.458 e. The van der Waals surface area contributed by atoms with E-state index in [-0.39, 0.29) is 30.6 Å². The molecule has 1 aromatic rings. The number of benzene rings is 1. The normalized spacial score (nSPS) is 42.1. The SMILES string of the molecule is CC(=O)O[C@H]1C[C@@]2(O)C(OC(=O)c3ccccc3)C3[C@@](C)([C@@H](O)C[C@H]4OC[C@@]34OC(C)=O)[C@@H](O)[C@H](O)C(=C1C)C2(C)C. The van der Waals surface area contributed by atoms with Crippen LogP contribution in [0, 0.1) is 16.7 Å². The van der Waals surface area contributed by atoms with Gasteiger partial charge in [0.05, 0.1) is 30.3 Å². The second kappa shape index (κ2) is 10.1. The molecule has 10 atom stereocenters. The van der Waals surface area contributed by atoms with Crippen molar-refractivity contribution in [1.82, 2.24) is 0 Å². The third-order valence-electron chi connectivity index (χ3n) is 10.5. The Hall–Kier alpha value is -2.83. The van der Waals surface area contributed by atoms with E-state index in [4.69, 9.17) is 18.9 Å². The predicted molar refractivity (Wildman–Crippen MR) is 146 cm³/mol. The van der Waals surface area contributed by atoms with E-state index in [0.717, 1.165) is 0 Å². The lowest BCUT2D eigenvalue weighted by atomic mass is 9.44. The smallest absolute Gasteiger partial charge is 0.338 e. The number of ether oxygens (including phenoxy) is 4. The number of carbonyl (C=O) groups excluding carboxylic acids is 3. The molecule has 1 heterocycles. The van der Waals surface area contributed by atoms with E-state index in [0.29, 0.717) is 5.57 Å². The summed E-state index contributed by atoms with van der Waals surface area (Å²) < 4.78 is 23.6. The van der Waals surface area contributed by atoms with E-state index in [9.17, 15) is 34.8 Å². The van der Waals surface area contributed by atoms with Gasteiger partial charge < -0.3 is 39.4 Å². The van der Waals surface area contributed by atoms with Crippen LogP contribution in [-0.4, -0.2) is 92.8 Å². The molecule has 0 aromatic heterocycles. The van der Waals surface area contributed by atoms with Crippen LogP contribution < -0.4 is 0 Å². The number of hydrogen-bond donors (Lipinski definition) is 4. The third kappa shape index (κ3) is 4.16. The molecule has 2 unspecified atom stereocenters. The van der Waals surface area contributed by atoms with Crippen LogP contribution in [0.1, 0.15) is 64.7 Å². The number of aliphatic hydroxyl groups excluding tert-OH is 3. The van der Waals surface area contributed by atoms with E-state index in [1.807, 2.05) is 0 Å². The standard InChI is InChI=1S/C31H40O11/c1-15-19(40-16(2)32)13-31(38)26(41-27(37)18-10-8-7-9-11-18)24-29(6,25(36)23(35)22(15)28(31,4)5)20(34)12-21-30(24,14-39-21)42-17(3)33/h7-11,19-21,23-26,34-36,38H,12-14H2,1-6H3/t19-,20-,21+,23+,24?,25-,26?,29+,30-,31+/m0/s1. The molecule has 5 rings (SSSR count). The molecular weight excluding hydrogens is 548 g/mol. The maximum absolute atomic E-state index is 13.7. The van der Waals surface area contributed by atoms with Crippen LogP contribution >= 0.6 is 0 Å². The second-order valence-corrected chi connectivity index (χ2v) is 13.0. The molecule has 0 spiro atoms. The Kier molecular flexibility index (Phi) is 7.38. The number of hydrogen-bond acceptors (Lipinski definition) is 11. The lowest BCUT2D eigenvalue weighted by Gasteiger charge is -2.69. The van der Waals surface area contributed by atoms with E-state index in [2.05, 4.69) is 0 Å². The van der Waals surface area contributed by atoms with Crippen molar-refractivity contribution in [3.63, 3.8) is 0 Å². The molecule has 11 nitrogen and oxygen atoms in total. The number of esters is 3. The van der Waals surface area contributed by atoms with Gasteiger partial charge in [-0.2, -0.15) is 0 Å². The zero-order valence-corrected chi connectivity index (χ0v) is 24.7. The zero-order chi connectivity index (χ0) is 31.0. The highest BCUT2D eigenvalue weighted by Gasteiger charge is 2.77. The summed E-state index contributed by atoms with van der Waals surface area (Å²) in [6, 6.07) is 8.12. The Bertz CT molecular complexity index is 1310. The number of carbonyl (C=O) groups is 3. The van der Waals surface area contributed by atoms with Gasteiger partial charge in [0.1, 0.15) is 30.0 Å². The van der Waals surface area contributed by atoms with Gasteiger partial charge in [-0.05, 0) is 30.2 Å². The average molecular weight is 589 g/mol. The van der Waals surface area contributed by atoms with Gasteiger partial charge in [0, 0.05) is 37.5 Å². The third-order valence-corrected chi connectivity index (χ3v) is 10.5. The van der Waals surface area contributed by atoms with E-state index in [1.54, 1.807) is 51.1 Å². The maximum Gasteiger partial charge on any atom is 0.338 e. The molecule has 0 amide bonds. The summed E-state index contributed by atoms with van der Waals surface area (Å²) in [7, 11) is 0. The van der Waals surface area contributed by atoms with Crippen LogP contribution in [0.15, 0.2) is 41.5 Å². The molecule has 230 valence electrons. The first-order valence-electron chi connectivity index (χ1n) is 14.2. The lowest BCUT2D eigenvalue weighted by molar-refractivity contribution is -0.365. The lowest BCUT2D eigenvalue weighted by Crippen LogP contribution is -2.82. The Balaban J connectivity index is 1.82. The van der Waals surface area contributed by atoms with Gasteiger partial charge in [-0.25, -0.2) is 4.79 Å². The minimum absolute atomic E-state index is 0.0423. The fourth-order valence-electron chi connectivity index (χ4n) is 8.20. The fourth-order valence-corrected chi connectivity index (χ4v) is 8.20. The Morgan fingerprint density at radius 1 is 0.976 bits per heavy atom. The molecule has 4 N–H and O–H groups in total. The summed E-state index contributed by atoms with van der Waals surface area (Å²) in [5.74, 6) is -3.37. The molecular formula is C31H40O11. The molecule has 42 heavy (non-hydrogen) atoms. The van der Waals surface area contributed by atoms with Gasteiger partial charge in [-0.3, -0.25) is 9.59 Å². The summed E-state index contributed by atoms with van der Waals surface area (Å²) in [5.41, 5.74) is -5.83. The van der Waals surface area contributed by atoms with Crippen molar-refractivity contribution < 1.29 is 53.8 Å². The maximum atomic E-state index is 13.7. The predicted octanol–water partition coefficient (Wildman–Crippen LogP) is 1.44. The molecule has 2 bridgehead atoms. The summed E-state index contributed by atoms with van der Waals surface area (Å²) in [6.45, 7) is 8.78. The fraction of sp³-hybridized carbons (Fsp3) is 0.645.